The second-order valence-corrected chi connectivity index (χ2v) is 5.88. The number of nitrogens with one attached hydrogen (secondary N) is 1. The zero-order chi connectivity index (χ0) is 18.8. The maximum absolute atomic E-state index is 5.99. The Morgan fingerprint density at radius 1 is 1.22 bits per heavy atom. The largest absolute Gasteiger partial charge is 0.490 e. The molecule has 0 atom stereocenters. The fraction of sp³-hybridized carbons (Fsp3) is 0.300. The molecule has 0 radical (unpaired) electrons. The lowest BCUT2D eigenvalue weighted by Crippen LogP contribution is -2.32. The zero-order valence-electron chi connectivity index (χ0n) is 15.8. The monoisotopic (exact) mass is 482 g/mol. The van der Waals surface area contributed by atoms with Crippen LogP contribution in [0.4, 0.5) is 0 Å². The molecule has 3 N–H and O–H groups in total. The smallest absolute Gasteiger partial charge is 0.224 e. The van der Waals surface area contributed by atoms with E-state index in [0.717, 1.165) is 17.6 Å². The summed E-state index contributed by atoms with van der Waals surface area (Å²) in [5, 5.41) is 3.00. The van der Waals surface area contributed by atoms with Crippen molar-refractivity contribution in [3.63, 3.8) is 0 Å². The number of halogens is 1. The highest BCUT2D eigenvalue weighted by Gasteiger charge is 2.10. The number of rotatable bonds is 9. The van der Waals surface area contributed by atoms with E-state index >= 15 is 0 Å². The summed E-state index contributed by atoms with van der Waals surface area (Å²) in [6.45, 7) is 9.38. The molecule has 0 aliphatic rings. The van der Waals surface area contributed by atoms with Crippen LogP contribution < -0.4 is 20.5 Å². The molecule has 0 saturated carbocycles. The Balaban J connectivity index is 0.00000364. The number of hydrogen-bond acceptors (Lipinski definition) is 4. The third kappa shape index (κ3) is 7.86. The van der Waals surface area contributed by atoms with Crippen LogP contribution in [0.5, 0.6) is 17.4 Å². The highest BCUT2D eigenvalue weighted by Crippen LogP contribution is 2.32. The van der Waals surface area contributed by atoms with Gasteiger partial charge in [0.1, 0.15) is 0 Å². The van der Waals surface area contributed by atoms with Crippen molar-refractivity contribution < 1.29 is 9.47 Å². The van der Waals surface area contributed by atoms with Crippen molar-refractivity contribution in [2.75, 3.05) is 13.2 Å². The summed E-state index contributed by atoms with van der Waals surface area (Å²) in [5.74, 6) is 2.15. The molecular weight excluding hydrogens is 455 g/mol. The summed E-state index contributed by atoms with van der Waals surface area (Å²) in [6, 6.07) is 11.3. The van der Waals surface area contributed by atoms with Gasteiger partial charge in [0, 0.05) is 18.3 Å². The first kappa shape index (κ1) is 22.8. The first-order valence-corrected chi connectivity index (χ1v) is 8.62. The molecule has 0 aliphatic heterocycles. The van der Waals surface area contributed by atoms with Crippen LogP contribution in [0.1, 0.15) is 25.8 Å². The summed E-state index contributed by atoms with van der Waals surface area (Å²) >= 11 is 0. The lowest BCUT2D eigenvalue weighted by atomic mass is 10.2. The Kier molecular flexibility index (Phi) is 10.2. The molecule has 146 valence electrons. The lowest BCUT2D eigenvalue weighted by Gasteiger charge is -2.13. The molecule has 0 saturated heterocycles. The van der Waals surface area contributed by atoms with Gasteiger partial charge in [0.05, 0.1) is 13.2 Å². The summed E-state index contributed by atoms with van der Waals surface area (Å²) in [7, 11) is 0. The maximum Gasteiger partial charge on any atom is 0.224 e. The van der Waals surface area contributed by atoms with Crippen LogP contribution in [0, 0.1) is 0 Å². The van der Waals surface area contributed by atoms with Gasteiger partial charge in [0.2, 0.25) is 5.88 Å². The van der Waals surface area contributed by atoms with Gasteiger partial charge >= 0.3 is 0 Å². The van der Waals surface area contributed by atoms with Crippen LogP contribution >= 0.6 is 24.0 Å². The molecule has 0 aliphatic carbocycles. The quantitative estimate of drug-likeness (QED) is 0.242. The topological polar surface area (TPSA) is 81.8 Å². The van der Waals surface area contributed by atoms with Gasteiger partial charge in [-0.1, -0.05) is 37.3 Å². The van der Waals surface area contributed by atoms with Crippen LogP contribution in [-0.4, -0.2) is 24.1 Å². The summed E-state index contributed by atoms with van der Waals surface area (Å²) in [6.07, 6.45) is 2.61. The zero-order valence-corrected chi connectivity index (χ0v) is 18.1. The third-order valence-corrected chi connectivity index (χ3v) is 3.36. The number of nitrogens with zero attached hydrogens (tertiary/aromatic N) is 2. The molecule has 2 rings (SSSR count). The molecule has 0 spiro atoms. The minimum atomic E-state index is 0. The van der Waals surface area contributed by atoms with Crippen LogP contribution in [0.2, 0.25) is 0 Å². The number of hydrogen-bond donors (Lipinski definition) is 2. The maximum atomic E-state index is 5.99. The van der Waals surface area contributed by atoms with Crippen molar-refractivity contribution >= 4 is 29.9 Å². The number of pyridine rings is 1. The molecule has 0 fully saturated rings. The number of ether oxygens (including phenoxy) is 2. The molecule has 0 amide bonds. The molecule has 1 aromatic carbocycles. The Morgan fingerprint density at radius 3 is 2.67 bits per heavy atom. The van der Waals surface area contributed by atoms with Crippen molar-refractivity contribution in [3.8, 4) is 17.4 Å². The predicted molar refractivity (Wildman–Crippen MR) is 120 cm³/mol. The Morgan fingerprint density at radius 2 is 1.96 bits per heavy atom. The molecule has 0 unspecified atom stereocenters. The number of para-hydroxylation sites is 2. The molecule has 0 bridgehead atoms. The lowest BCUT2D eigenvalue weighted by molar-refractivity contribution is 0.300. The molecule has 27 heavy (non-hydrogen) atoms. The molecule has 1 heterocycles. The van der Waals surface area contributed by atoms with E-state index in [9.17, 15) is 0 Å². The number of guanidine groups is 1. The number of aliphatic imine (C=N–C) groups is 1. The van der Waals surface area contributed by atoms with E-state index in [-0.39, 0.29) is 24.0 Å². The van der Waals surface area contributed by atoms with E-state index in [0.29, 0.717) is 43.0 Å². The highest BCUT2D eigenvalue weighted by atomic mass is 127. The van der Waals surface area contributed by atoms with Crippen molar-refractivity contribution in [3.05, 3.63) is 60.3 Å². The highest BCUT2D eigenvalue weighted by molar-refractivity contribution is 14.0. The summed E-state index contributed by atoms with van der Waals surface area (Å²) < 4.78 is 11.7. The second kappa shape index (κ2) is 12.2. The van der Waals surface area contributed by atoms with Crippen LogP contribution in [0.3, 0.4) is 0 Å². The van der Waals surface area contributed by atoms with E-state index in [1.807, 2.05) is 43.3 Å². The van der Waals surface area contributed by atoms with Gasteiger partial charge in [0.15, 0.2) is 17.5 Å². The molecule has 6 nitrogen and oxygen atoms in total. The molecule has 7 heteroatoms. The summed E-state index contributed by atoms with van der Waals surface area (Å²) in [5.41, 5.74) is 7.68. The van der Waals surface area contributed by atoms with Crippen LogP contribution in [0.25, 0.3) is 0 Å². The van der Waals surface area contributed by atoms with E-state index in [4.69, 9.17) is 15.2 Å². The number of benzene rings is 1. The Labute approximate surface area is 177 Å². The first-order valence-electron chi connectivity index (χ1n) is 8.62. The first-order chi connectivity index (χ1) is 12.6. The normalized spacial score (nSPS) is 10.7. The molecule has 2 aromatic rings. The van der Waals surface area contributed by atoms with Gasteiger partial charge in [-0.15, -0.1) is 24.0 Å². The van der Waals surface area contributed by atoms with E-state index in [1.165, 1.54) is 0 Å². The van der Waals surface area contributed by atoms with E-state index < -0.39 is 0 Å². The Bertz CT molecular complexity index is 765. The van der Waals surface area contributed by atoms with Gasteiger partial charge < -0.3 is 20.5 Å². The van der Waals surface area contributed by atoms with Gasteiger partial charge in [-0.3, -0.25) is 0 Å². The standard InChI is InChI=1S/C20H26N4O2.HI/c1-4-12-25-17-9-5-6-10-18(17)26-19-16(8-7-11-22-19)14-24-20(21)23-13-15(2)3;/h5-11H,2,4,12-14H2,1,3H3,(H3,21,23,24);1H. The van der Waals surface area contributed by atoms with Gasteiger partial charge in [-0.25, -0.2) is 9.98 Å². The average Bonchev–Trinajstić information content (AvgIpc) is 2.65. The van der Waals surface area contributed by atoms with Crippen molar-refractivity contribution in [1.29, 1.82) is 0 Å². The average molecular weight is 482 g/mol. The fourth-order valence-corrected chi connectivity index (χ4v) is 2.07. The van der Waals surface area contributed by atoms with Gasteiger partial charge in [-0.2, -0.15) is 0 Å². The SMILES string of the molecule is C=C(C)CNC(N)=NCc1cccnc1Oc1ccccc1OCCC.I. The minimum absolute atomic E-state index is 0. The number of nitrogens with two attached hydrogens (primary N) is 1. The Hall–Kier alpha value is -2.29. The molecule has 1 aromatic heterocycles. The van der Waals surface area contributed by atoms with E-state index in [1.54, 1.807) is 6.20 Å². The van der Waals surface area contributed by atoms with Crippen molar-refractivity contribution in [2.45, 2.75) is 26.8 Å². The summed E-state index contributed by atoms with van der Waals surface area (Å²) in [4.78, 5) is 8.66. The minimum Gasteiger partial charge on any atom is -0.490 e. The van der Waals surface area contributed by atoms with Gasteiger partial charge in [0.25, 0.3) is 0 Å². The van der Waals surface area contributed by atoms with Gasteiger partial charge in [-0.05, 0) is 31.5 Å². The predicted octanol–water partition coefficient (Wildman–Crippen LogP) is 4.26. The van der Waals surface area contributed by atoms with Crippen molar-refractivity contribution in [2.24, 2.45) is 10.7 Å². The van der Waals surface area contributed by atoms with Crippen LogP contribution in [-0.2, 0) is 6.54 Å². The second-order valence-electron chi connectivity index (χ2n) is 5.88. The van der Waals surface area contributed by atoms with Crippen LogP contribution in [0.15, 0.2) is 59.7 Å². The van der Waals surface area contributed by atoms with E-state index in [2.05, 4.69) is 28.8 Å². The fourth-order valence-electron chi connectivity index (χ4n) is 2.07. The molecular formula is C20H27IN4O2. The number of aromatic nitrogens is 1. The van der Waals surface area contributed by atoms with Crippen molar-refractivity contribution in [1.82, 2.24) is 10.3 Å². The third-order valence-electron chi connectivity index (χ3n) is 3.36.